The van der Waals surface area contributed by atoms with Crippen LogP contribution in [0.5, 0.6) is 0 Å². The molecule has 0 aromatic heterocycles. The van der Waals surface area contributed by atoms with Gasteiger partial charge in [0, 0.05) is 30.9 Å². The number of hydrogen-bond donors (Lipinski definition) is 1. The molecule has 108 valence electrons. The van der Waals surface area contributed by atoms with E-state index in [9.17, 15) is 13.6 Å². The molecule has 1 heterocycles. The predicted octanol–water partition coefficient (Wildman–Crippen LogP) is 3.62. The summed E-state index contributed by atoms with van der Waals surface area (Å²) >= 11 is 0. The van der Waals surface area contributed by atoms with Gasteiger partial charge in [-0.25, -0.2) is 8.78 Å². The van der Waals surface area contributed by atoms with Crippen molar-refractivity contribution in [2.45, 2.75) is 13.3 Å². The maximum atomic E-state index is 13.6. The second-order valence-corrected chi connectivity index (χ2v) is 5.01. The summed E-state index contributed by atoms with van der Waals surface area (Å²) < 4.78 is 26.8. The van der Waals surface area contributed by atoms with Crippen LogP contribution in [0, 0.1) is 11.6 Å². The molecule has 1 amide bonds. The molecule has 0 spiro atoms. The van der Waals surface area contributed by atoms with Crippen LogP contribution in [0.3, 0.4) is 0 Å². The van der Waals surface area contributed by atoms with Gasteiger partial charge in [-0.2, -0.15) is 0 Å². The number of carbonyl (C=O) groups excluding carboxylic acids is 1. The Labute approximate surface area is 121 Å². The van der Waals surface area contributed by atoms with Gasteiger partial charge in [0.1, 0.15) is 11.6 Å². The summed E-state index contributed by atoms with van der Waals surface area (Å²) in [4.78, 5) is 13.2. The molecule has 1 N–H and O–H groups in total. The fourth-order valence-electron chi connectivity index (χ4n) is 2.56. The number of fused-ring (bicyclic) bond motifs is 1. The van der Waals surface area contributed by atoms with Crippen LogP contribution in [-0.2, 0) is 11.2 Å². The van der Waals surface area contributed by atoms with Crippen molar-refractivity contribution in [1.82, 2.24) is 0 Å². The number of hydrogen-bond acceptors (Lipinski definition) is 2. The summed E-state index contributed by atoms with van der Waals surface area (Å²) in [5.74, 6) is -1.00. The van der Waals surface area contributed by atoms with Crippen LogP contribution in [-0.4, -0.2) is 12.5 Å². The van der Waals surface area contributed by atoms with Crippen molar-refractivity contribution in [3.05, 3.63) is 53.6 Å². The number of anilines is 3. The minimum atomic E-state index is -0.512. The Kier molecular flexibility index (Phi) is 3.33. The summed E-state index contributed by atoms with van der Waals surface area (Å²) in [6.45, 7) is 2.19. The number of halogens is 2. The Balaban J connectivity index is 1.88. The Morgan fingerprint density at radius 1 is 1.19 bits per heavy atom. The van der Waals surface area contributed by atoms with Gasteiger partial charge >= 0.3 is 0 Å². The SMILES string of the molecule is CC(=O)N1CCc2cc(Nc3cc(F)ccc3F)ccc21. The largest absolute Gasteiger partial charge is 0.353 e. The lowest BCUT2D eigenvalue weighted by molar-refractivity contribution is -0.116. The Morgan fingerprint density at radius 3 is 2.76 bits per heavy atom. The van der Waals surface area contributed by atoms with Gasteiger partial charge in [0.05, 0.1) is 5.69 Å². The highest BCUT2D eigenvalue weighted by molar-refractivity contribution is 5.94. The Morgan fingerprint density at radius 2 is 2.00 bits per heavy atom. The van der Waals surface area contributed by atoms with Crippen molar-refractivity contribution in [1.29, 1.82) is 0 Å². The van der Waals surface area contributed by atoms with Gasteiger partial charge in [-0.15, -0.1) is 0 Å². The molecule has 0 bridgehead atoms. The number of carbonyl (C=O) groups is 1. The monoisotopic (exact) mass is 288 g/mol. The van der Waals surface area contributed by atoms with Gasteiger partial charge in [-0.05, 0) is 42.3 Å². The van der Waals surface area contributed by atoms with Crippen LogP contribution in [0.1, 0.15) is 12.5 Å². The number of rotatable bonds is 2. The summed E-state index contributed by atoms with van der Waals surface area (Å²) in [6, 6.07) is 8.72. The standard InChI is InChI=1S/C16H14F2N2O/c1-10(21)20-7-6-11-8-13(3-5-16(11)20)19-15-9-12(17)2-4-14(15)18/h2-5,8-9,19H,6-7H2,1H3. The van der Waals surface area contributed by atoms with E-state index < -0.39 is 11.6 Å². The second kappa shape index (κ2) is 5.16. The maximum Gasteiger partial charge on any atom is 0.223 e. The molecule has 0 atom stereocenters. The molecule has 0 saturated heterocycles. The molecule has 0 fully saturated rings. The molecular formula is C16H14F2N2O. The van der Waals surface area contributed by atoms with Crippen molar-refractivity contribution in [2.24, 2.45) is 0 Å². The van der Waals surface area contributed by atoms with Gasteiger partial charge in [0.2, 0.25) is 5.91 Å². The summed E-state index contributed by atoms with van der Waals surface area (Å²) in [7, 11) is 0. The van der Waals surface area contributed by atoms with Crippen LogP contribution < -0.4 is 10.2 Å². The molecule has 3 nitrogen and oxygen atoms in total. The van der Waals surface area contributed by atoms with Crippen molar-refractivity contribution < 1.29 is 13.6 Å². The molecule has 2 aromatic carbocycles. The molecule has 3 rings (SSSR count). The van der Waals surface area contributed by atoms with Crippen LogP contribution >= 0.6 is 0 Å². The zero-order valence-electron chi connectivity index (χ0n) is 11.5. The van der Waals surface area contributed by atoms with E-state index in [0.717, 1.165) is 35.9 Å². The lowest BCUT2D eigenvalue weighted by Gasteiger charge is -2.15. The van der Waals surface area contributed by atoms with Gasteiger partial charge in [-0.3, -0.25) is 4.79 Å². The molecule has 5 heteroatoms. The van der Waals surface area contributed by atoms with Crippen LogP contribution in [0.25, 0.3) is 0 Å². The third kappa shape index (κ3) is 2.59. The maximum absolute atomic E-state index is 13.6. The predicted molar refractivity (Wildman–Crippen MR) is 77.8 cm³/mol. The quantitative estimate of drug-likeness (QED) is 0.915. The van der Waals surface area contributed by atoms with E-state index in [4.69, 9.17) is 0 Å². The molecule has 1 aliphatic rings. The topological polar surface area (TPSA) is 32.3 Å². The average Bonchev–Trinajstić information content (AvgIpc) is 2.86. The lowest BCUT2D eigenvalue weighted by Crippen LogP contribution is -2.25. The van der Waals surface area contributed by atoms with E-state index in [1.807, 2.05) is 12.1 Å². The van der Waals surface area contributed by atoms with E-state index in [0.29, 0.717) is 12.2 Å². The second-order valence-electron chi connectivity index (χ2n) is 5.01. The molecule has 21 heavy (non-hydrogen) atoms. The van der Waals surface area contributed by atoms with Crippen molar-refractivity contribution in [3.63, 3.8) is 0 Å². The molecule has 0 radical (unpaired) electrons. The number of nitrogens with zero attached hydrogens (tertiary/aromatic N) is 1. The van der Waals surface area contributed by atoms with E-state index >= 15 is 0 Å². The third-order valence-corrected chi connectivity index (χ3v) is 3.56. The first-order valence-electron chi connectivity index (χ1n) is 6.68. The molecule has 2 aromatic rings. The highest BCUT2D eigenvalue weighted by Crippen LogP contribution is 2.32. The summed E-state index contributed by atoms with van der Waals surface area (Å²) in [6.07, 6.45) is 0.760. The fourth-order valence-corrected chi connectivity index (χ4v) is 2.56. The molecule has 0 aliphatic carbocycles. The van der Waals surface area contributed by atoms with Gasteiger partial charge in [0.15, 0.2) is 0 Å². The zero-order valence-corrected chi connectivity index (χ0v) is 11.5. The number of amides is 1. The Bertz CT molecular complexity index is 715. The van der Waals surface area contributed by atoms with Crippen molar-refractivity contribution in [2.75, 3.05) is 16.8 Å². The van der Waals surface area contributed by atoms with Gasteiger partial charge in [0.25, 0.3) is 0 Å². The number of nitrogens with one attached hydrogen (secondary N) is 1. The zero-order chi connectivity index (χ0) is 15.0. The first-order valence-corrected chi connectivity index (χ1v) is 6.68. The van der Waals surface area contributed by atoms with Crippen LogP contribution in [0.15, 0.2) is 36.4 Å². The van der Waals surface area contributed by atoms with Gasteiger partial charge in [-0.1, -0.05) is 0 Å². The van der Waals surface area contributed by atoms with Crippen molar-refractivity contribution in [3.8, 4) is 0 Å². The first-order chi connectivity index (χ1) is 10.0. The molecule has 0 saturated carbocycles. The fraction of sp³-hybridized carbons (Fsp3) is 0.188. The average molecular weight is 288 g/mol. The highest BCUT2D eigenvalue weighted by Gasteiger charge is 2.22. The number of benzene rings is 2. The molecule has 0 unspecified atom stereocenters. The first kappa shape index (κ1) is 13.5. The summed E-state index contributed by atoms with van der Waals surface area (Å²) in [5, 5.41) is 2.87. The lowest BCUT2D eigenvalue weighted by atomic mass is 10.1. The van der Waals surface area contributed by atoms with E-state index in [1.165, 1.54) is 6.92 Å². The van der Waals surface area contributed by atoms with E-state index in [-0.39, 0.29) is 11.6 Å². The summed E-state index contributed by atoms with van der Waals surface area (Å²) in [5.41, 5.74) is 2.67. The van der Waals surface area contributed by atoms with Crippen LogP contribution in [0.2, 0.25) is 0 Å². The Hall–Kier alpha value is -2.43. The van der Waals surface area contributed by atoms with E-state index in [2.05, 4.69) is 5.32 Å². The third-order valence-electron chi connectivity index (χ3n) is 3.56. The molecular weight excluding hydrogens is 274 g/mol. The molecule has 1 aliphatic heterocycles. The van der Waals surface area contributed by atoms with E-state index in [1.54, 1.807) is 11.0 Å². The van der Waals surface area contributed by atoms with Crippen LogP contribution in [0.4, 0.5) is 25.8 Å². The smallest absolute Gasteiger partial charge is 0.223 e. The van der Waals surface area contributed by atoms with Gasteiger partial charge < -0.3 is 10.2 Å². The normalized spacial score (nSPS) is 13.2. The van der Waals surface area contributed by atoms with Crippen molar-refractivity contribution >= 4 is 23.0 Å². The highest BCUT2D eigenvalue weighted by atomic mass is 19.1. The minimum Gasteiger partial charge on any atom is -0.353 e. The minimum absolute atomic E-state index is 0.00522.